The van der Waals surface area contributed by atoms with Crippen LogP contribution in [0.2, 0.25) is 0 Å². The summed E-state index contributed by atoms with van der Waals surface area (Å²) in [5.74, 6) is 2.66. The maximum Gasteiger partial charge on any atom is 0.219 e. The van der Waals surface area contributed by atoms with E-state index in [0.717, 1.165) is 65.8 Å². The normalized spacial score (nSPS) is 14.7. The first-order valence-corrected chi connectivity index (χ1v) is 13.6. The minimum absolute atomic E-state index is 0.0658. The molecule has 1 aromatic heterocycles. The highest BCUT2D eigenvalue weighted by Crippen LogP contribution is 2.34. The summed E-state index contributed by atoms with van der Waals surface area (Å²) in [6.07, 6.45) is 3.31. The van der Waals surface area contributed by atoms with Gasteiger partial charge in [0.25, 0.3) is 0 Å². The van der Waals surface area contributed by atoms with Gasteiger partial charge in [0.15, 0.2) is 0 Å². The van der Waals surface area contributed by atoms with E-state index in [9.17, 15) is 4.79 Å². The summed E-state index contributed by atoms with van der Waals surface area (Å²) >= 11 is 1.70. The molecule has 36 heavy (non-hydrogen) atoms. The Balaban J connectivity index is 1.52. The smallest absolute Gasteiger partial charge is 0.219 e. The van der Waals surface area contributed by atoms with Gasteiger partial charge in [0.1, 0.15) is 11.6 Å². The number of nitriles is 1. The third-order valence-corrected chi connectivity index (χ3v) is 7.61. The number of imidazole rings is 1. The Hall–Kier alpha value is -2.98. The van der Waals surface area contributed by atoms with Crippen molar-refractivity contribution < 1.29 is 9.53 Å². The minimum Gasteiger partial charge on any atom is -0.494 e. The Kier molecular flexibility index (Phi) is 8.25. The Labute approximate surface area is 218 Å². The molecular formula is C29H36N4O2S. The molecule has 0 aliphatic carbocycles. The van der Waals surface area contributed by atoms with E-state index in [2.05, 4.69) is 55.7 Å². The number of amides is 1. The number of nitrogens with zero attached hydrogens (tertiary/aromatic N) is 4. The van der Waals surface area contributed by atoms with Gasteiger partial charge in [0.05, 0.1) is 23.7 Å². The van der Waals surface area contributed by atoms with Crippen LogP contribution in [0.5, 0.6) is 5.75 Å². The second-order valence-corrected chi connectivity index (χ2v) is 11.7. The van der Waals surface area contributed by atoms with Gasteiger partial charge in [-0.1, -0.05) is 38.6 Å². The second kappa shape index (κ2) is 11.4. The summed E-state index contributed by atoms with van der Waals surface area (Å²) < 4.78 is 8.21. The lowest BCUT2D eigenvalue weighted by Crippen LogP contribution is -2.38. The number of piperidine rings is 1. The van der Waals surface area contributed by atoms with Gasteiger partial charge in [0, 0.05) is 48.2 Å². The van der Waals surface area contributed by atoms with Crippen LogP contribution in [0.15, 0.2) is 52.3 Å². The lowest BCUT2D eigenvalue weighted by Gasteiger charge is -2.32. The summed E-state index contributed by atoms with van der Waals surface area (Å²) in [5.41, 5.74) is 2.13. The third kappa shape index (κ3) is 6.41. The van der Waals surface area contributed by atoms with Gasteiger partial charge >= 0.3 is 0 Å². The number of carbonyl (C=O) groups excluding carboxylic acids is 1. The number of likely N-dealkylation sites (tertiary alicyclic amines) is 1. The van der Waals surface area contributed by atoms with E-state index in [1.54, 1.807) is 18.7 Å². The molecule has 0 saturated carbocycles. The molecule has 0 unspecified atom stereocenters. The number of ether oxygens (including phenoxy) is 1. The van der Waals surface area contributed by atoms with Crippen LogP contribution in [-0.2, 0) is 16.8 Å². The molecule has 1 aliphatic rings. The molecule has 190 valence electrons. The van der Waals surface area contributed by atoms with Gasteiger partial charge in [-0.2, -0.15) is 5.26 Å². The largest absolute Gasteiger partial charge is 0.494 e. The summed E-state index contributed by atoms with van der Waals surface area (Å²) in [6, 6.07) is 16.8. The Morgan fingerprint density at radius 3 is 2.61 bits per heavy atom. The van der Waals surface area contributed by atoms with Crippen LogP contribution in [0.4, 0.5) is 0 Å². The molecule has 2 heterocycles. The fourth-order valence-electron chi connectivity index (χ4n) is 4.72. The lowest BCUT2D eigenvalue weighted by atomic mass is 9.93. The first-order chi connectivity index (χ1) is 17.2. The van der Waals surface area contributed by atoms with Gasteiger partial charge in [-0.05, 0) is 61.6 Å². The number of hydrogen-bond acceptors (Lipinski definition) is 5. The molecule has 4 rings (SSSR count). The van der Waals surface area contributed by atoms with E-state index >= 15 is 0 Å². The van der Waals surface area contributed by atoms with Crippen LogP contribution in [0, 0.1) is 17.2 Å². The van der Waals surface area contributed by atoms with Crippen molar-refractivity contribution in [2.24, 2.45) is 5.92 Å². The van der Waals surface area contributed by atoms with Crippen LogP contribution < -0.4 is 4.74 Å². The number of aromatic nitrogens is 2. The standard InChI is InChI=1S/C29H36N4O2S/c1-21(34)32-15-12-22(13-16-32)20-33-27-11-10-25(19-26(27)31-28(33)29(2,3)4)36-24-9-7-8-23(18-24)35-17-6-5-14-30/h7-11,18-19,22H,5-6,12-13,15-17,20H2,1-4H3. The highest BCUT2D eigenvalue weighted by molar-refractivity contribution is 7.99. The molecule has 6 nitrogen and oxygen atoms in total. The van der Waals surface area contributed by atoms with E-state index in [4.69, 9.17) is 15.0 Å². The van der Waals surface area contributed by atoms with Crippen molar-refractivity contribution in [3.05, 3.63) is 48.3 Å². The Morgan fingerprint density at radius 2 is 1.92 bits per heavy atom. The summed E-state index contributed by atoms with van der Waals surface area (Å²) in [7, 11) is 0. The van der Waals surface area contributed by atoms with Gasteiger partial charge in [-0.15, -0.1) is 0 Å². The first-order valence-electron chi connectivity index (χ1n) is 12.8. The molecule has 3 aromatic rings. The first kappa shape index (κ1) is 26.1. The van der Waals surface area contributed by atoms with E-state index in [1.165, 1.54) is 5.52 Å². The van der Waals surface area contributed by atoms with Crippen molar-refractivity contribution in [3.8, 4) is 11.8 Å². The highest BCUT2D eigenvalue weighted by Gasteiger charge is 2.27. The number of rotatable bonds is 8. The molecule has 0 N–H and O–H groups in total. The zero-order chi connectivity index (χ0) is 25.7. The van der Waals surface area contributed by atoms with Crippen LogP contribution in [0.1, 0.15) is 59.2 Å². The Morgan fingerprint density at radius 1 is 1.17 bits per heavy atom. The van der Waals surface area contributed by atoms with Crippen LogP contribution in [0.25, 0.3) is 11.0 Å². The maximum atomic E-state index is 11.7. The van der Waals surface area contributed by atoms with Gasteiger partial charge in [0.2, 0.25) is 5.91 Å². The predicted octanol–water partition coefficient (Wildman–Crippen LogP) is 6.43. The molecule has 7 heteroatoms. The molecule has 1 fully saturated rings. The molecule has 0 spiro atoms. The van der Waals surface area contributed by atoms with Crippen LogP contribution >= 0.6 is 11.8 Å². The zero-order valence-electron chi connectivity index (χ0n) is 21.8. The predicted molar refractivity (Wildman–Crippen MR) is 144 cm³/mol. The topological polar surface area (TPSA) is 71.2 Å². The number of benzene rings is 2. The zero-order valence-corrected chi connectivity index (χ0v) is 22.6. The summed E-state index contributed by atoms with van der Waals surface area (Å²) in [4.78, 5) is 21.0. The molecule has 0 atom stereocenters. The molecule has 1 amide bonds. The maximum absolute atomic E-state index is 11.7. The molecule has 0 radical (unpaired) electrons. The van der Waals surface area contributed by atoms with E-state index < -0.39 is 0 Å². The van der Waals surface area contributed by atoms with Crippen molar-refractivity contribution in [2.45, 2.75) is 75.1 Å². The van der Waals surface area contributed by atoms with Gasteiger partial charge in [-0.3, -0.25) is 4.79 Å². The summed E-state index contributed by atoms with van der Waals surface area (Å²) in [6.45, 7) is 11.5. The average molecular weight is 505 g/mol. The van der Waals surface area contributed by atoms with Crippen molar-refractivity contribution >= 4 is 28.7 Å². The van der Waals surface area contributed by atoms with E-state index in [-0.39, 0.29) is 11.3 Å². The number of unbranched alkanes of at least 4 members (excludes halogenated alkanes) is 1. The molecule has 0 bridgehead atoms. The molecule has 2 aromatic carbocycles. The Bertz CT molecular complexity index is 1250. The fourth-order valence-corrected chi connectivity index (χ4v) is 5.62. The number of fused-ring (bicyclic) bond motifs is 1. The highest BCUT2D eigenvalue weighted by atomic mass is 32.2. The van der Waals surface area contributed by atoms with E-state index in [1.807, 2.05) is 23.1 Å². The number of carbonyl (C=O) groups is 1. The van der Waals surface area contributed by atoms with Crippen molar-refractivity contribution in [3.63, 3.8) is 0 Å². The molecule has 1 saturated heterocycles. The van der Waals surface area contributed by atoms with Gasteiger partial charge in [-0.25, -0.2) is 4.98 Å². The van der Waals surface area contributed by atoms with E-state index in [0.29, 0.717) is 18.9 Å². The van der Waals surface area contributed by atoms with Gasteiger partial charge < -0.3 is 14.2 Å². The second-order valence-electron chi connectivity index (χ2n) is 10.6. The minimum atomic E-state index is -0.0658. The monoisotopic (exact) mass is 504 g/mol. The summed E-state index contributed by atoms with van der Waals surface area (Å²) in [5, 5.41) is 8.69. The number of hydrogen-bond donors (Lipinski definition) is 0. The van der Waals surface area contributed by atoms with Crippen LogP contribution in [0.3, 0.4) is 0 Å². The fraction of sp³-hybridized carbons (Fsp3) is 0.483. The van der Waals surface area contributed by atoms with Crippen molar-refractivity contribution in [1.82, 2.24) is 14.5 Å². The lowest BCUT2D eigenvalue weighted by molar-refractivity contribution is -0.130. The third-order valence-electron chi connectivity index (χ3n) is 6.63. The molecule has 1 aliphatic heterocycles. The quantitative estimate of drug-likeness (QED) is 0.331. The van der Waals surface area contributed by atoms with Crippen molar-refractivity contribution in [1.29, 1.82) is 5.26 Å². The van der Waals surface area contributed by atoms with Crippen molar-refractivity contribution in [2.75, 3.05) is 19.7 Å². The average Bonchev–Trinajstić information content (AvgIpc) is 3.20. The SMILES string of the molecule is CC(=O)N1CCC(Cn2c(C(C)(C)C)nc3cc(Sc4cccc(OCCCC#N)c4)ccc32)CC1. The van der Waals surface area contributed by atoms with Crippen LogP contribution in [-0.4, -0.2) is 40.1 Å². The molecular weight excluding hydrogens is 468 g/mol.